The second-order valence-corrected chi connectivity index (χ2v) is 8.30. The maximum Gasteiger partial charge on any atom is 0.310 e. The van der Waals surface area contributed by atoms with E-state index in [2.05, 4.69) is 0 Å². The van der Waals surface area contributed by atoms with Crippen LogP contribution in [0.1, 0.15) is 18.4 Å². The van der Waals surface area contributed by atoms with Crippen molar-refractivity contribution >= 4 is 27.4 Å². The van der Waals surface area contributed by atoms with Crippen molar-refractivity contribution in [2.75, 3.05) is 24.7 Å². The van der Waals surface area contributed by atoms with E-state index in [9.17, 15) is 13.2 Å². The van der Waals surface area contributed by atoms with Crippen molar-refractivity contribution in [1.29, 1.82) is 0 Å². The van der Waals surface area contributed by atoms with Gasteiger partial charge < -0.3 is 14.2 Å². The number of benzene rings is 1. The van der Waals surface area contributed by atoms with Crippen LogP contribution in [0.2, 0.25) is 5.02 Å². The fraction of sp³-hybridized carbons (Fsp3) is 0.533. The first kappa shape index (κ1) is 16.4. The number of esters is 1. The lowest BCUT2D eigenvalue weighted by atomic mass is 10.1. The molecule has 1 fully saturated rings. The fourth-order valence-electron chi connectivity index (χ4n) is 2.62. The lowest BCUT2D eigenvalue weighted by molar-refractivity contribution is -0.149. The van der Waals surface area contributed by atoms with Crippen LogP contribution >= 0.6 is 11.6 Å². The molecule has 1 atom stereocenters. The monoisotopic (exact) mass is 360 g/mol. The summed E-state index contributed by atoms with van der Waals surface area (Å²) in [6, 6.07) is 3.39. The van der Waals surface area contributed by atoms with Crippen molar-refractivity contribution in [3.8, 4) is 11.5 Å². The van der Waals surface area contributed by atoms with Crippen LogP contribution in [0.15, 0.2) is 12.1 Å². The topological polar surface area (TPSA) is 78.9 Å². The molecule has 0 radical (unpaired) electrons. The highest BCUT2D eigenvalue weighted by Gasteiger charge is 2.34. The number of sulfone groups is 1. The molecule has 3 rings (SSSR count). The molecule has 2 aliphatic rings. The van der Waals surface area contributed by atoms with Crippen LogP contribution in [0.25, 0.3) is 0 Å². The van der Waals surface area contributed by atoms with Gasteiger partial charge in [0.1, 0.15) is 6.61 Å². The van der Waals surface area contributed by atoms with Crippen molar-refractivity contribution in [1.82, 2.24) is 0 Å². The molecule has 23 heavy (non-hydrogen) atoms. The second-order valence-electron chi connectivity index (χ2n) is 5.66. The Bertz CT molecular complexity index is 715. The van der Waals surface area contributed by atoms with Crippen molar-refractivity contribution < 1.29 is 27.4 Å². The van der Waals surface area contributed by atoms with Gasteiger partial charge in [0, 0.05) is 6.42 Å². The Balaban J connectivity index is 1.65. The highest BCUT2D eigenvalue weighted by Crippen LogP contribution is 2.38. The van der Waals surface area contributed by atoms with E-state index in [-0.39, 0.29) is 18.1 Å². The van der Waals surface area contributed by atoms with Gasteiger partial charge in [-0.05, 0) is 24.1 Å². The summed E-state index contributed by atoms with van der Waals surface area (Å²) < 4.78 is 39.1. The zero-order chi connectivity index (χ0) is 16.4. The van der Waals surface area contributed by atoms with E-state index >= 15 is 0 Å². The molecule has 2 heterocycles. The Hall–Kier alpha value is -1.47. The average Bonchev–Trinajstić information content (AvgIpc) is 2.72. The van der Waals surface area contributed by atoms with Crippen LogP contribution < -0.4 is 9.47 Å². The van der Waals surface area contributed by atoms with E-state index in [1.807, 2.05) is 0 Å². The summed E-state index contributed by atoms with van der Waals surface area (Å²) >= 11 is 6.17. The summed E-state index contributed by atoms with van der Waals surface area (Å²) in [7, 11) is -3.10. The minimum atomic E-state index is -3.10. The number of hydrogen-bond acceptors (Lipinski definition) is 6. The first-order valence-electron chi connectivity index (χ1n) is 7.40. The van der Waals surface area contributed by atoms with Crippen LogP contribution in [-0.2, 0) is 26.0 Å². The van der Waals surface area contributed by atoms with Crippen LogP contribution in [0.4, 0.5) is 0 Å². The first-order valence-corrected chi connectivity index (χ1v) is 9.59. The lowest BCUT2D eigenvalue weighted by Gasteiger charge is -2.13. The van der Waals surface area contributed by atoms with E-state index in [0.29, 0.717) is 41.7 Å². The molecule has 0 bridgehead atoms. The molecule has 8 heteroatoms. The summed E-state index contributed by atoms with van der Waals surface area (Å²) in [5.41, 5.74) is 0.674. The molecule has 1 unspecified atom stereocenters. The molecule has 0 amide bonds. The van der Waals surface area contributed by atoms with Gasteiger partial charge in [-0.2, -0.15) is 0 Å². The molecule has 0 saturated carbocycles. The first-order chi connectivity index (χ1) is 10.9. The summed E-state index contributed by atoms with van der Waals surface area (Å²) in [5, 5.41) is 0.402. The molecular formula is C15H17ClO6S. The lowest BCUT2D eigenvalue weighted by Crippen LogP contribution is -2.18. The van der Waals surface area contributed by atoms with Gasteiger partial charge in [0.05, 0.1) is 35.7 Å². The molecule has 0 aliphatic carbocycles. The molecule has 0 aromatic heterocycles. The van der Waals surface area contributed by atoms with Gasteiger partial charge in [-0.1, -0.05) is 11.6 Å². The third kappa shape index (κ3) is 3.90. The molecule has 1 aromatic rings. The summed E-state index contributed by atoms with van der Waals surface area (Å²) in [6.45, 7) is 1.09. The molecule has 0 spiro atoms. The van der Waals surface area contributed by atoms with Crippen molar-refractivity contribution in [3.63, 3.8) is 0 Å². The number of fused-ring (bicyclic) bond motifs is 1. The van der Waals surface area contributed by atoms with Crippen LogP contribution in [0, 0.1) is 5.92 Å². The van der Waals surface area contributed by atoms with Gasteiger partial charge in [0.25, 0.3) is 0 Å². The smallest absolute Gasteiger partial charge is 0.310 e. The number of carbonyl (C=O) groups is 1. The van der Waals surface area contributed by atoms with Crippen molar-refractivity contribution in [3.05, 3.63) is 22.7 Å². The van der Waals surface area contributed by atoms with Gasteiger partial charge in [0.2, 0.25) is 0 Å². The molecule has 126 valence electrons. The molecular weight excluding hydrogens is 344 g/mol. The number of ether oxygens (including phenoxy) is 3. The zero-order valence-electron chi connectivity index (χ0n) is 12.4. The fourth-order valence-corrected chi connectivity index (χ4v) is 4.63. The Morgan fingerprint density at radius 3 is 2.83 bits per heavy atom. The highest BCUT2D eigenvalue weighted by atomic mass is 35.5. The highest BCUT2D eigenvalue weighted by molar-refractivity contribution is 7.91. The number of halogens is 1. The third-order valence-corrected chi connectivity index (χ3v) is 5.86. The maximum atomic E-state index is 12.0. The maximum absolute atomic E-state index is 12.0. The third-order valence-electron chi connectivity index (χ3n) is 3.81. The van der Waals surface area contributed by atoms with Gasteiger partial charge in [-0.15, -0.1) is 0 Å². The summed E-state index contributed by atoms with van der Waals surface area (Å²) in [6.07, 6.45) is 1.09. The molecule has 1 aromatic carbocycles. The van der Waals surface area contributed by atoms with Gasteiger partial charge in [-0.3, -0.25) is 4.79 Å². The van der Waals surface area contributed by atoms with Crippen LogP contribution in [-0.4, -0.2) is 39.1 Å². The molecule has 1 saturated heterocycles. The zero-order valence-corrected chi connectivity index (χ0v) is 14.0. The van der Waals surface area contributed by atoms with E-state index in [1.165, 1.54) is 0 Å². The number of carbonyl (C=O) groups excluding carboxylic acids is 1. The van der Waals surface area contributed by atoms with E-state index in [0.717, 1.165) is 6.42 Å². The van der Waals surface area contributed by atoms with Crippen LogP contribution in [0.5, 0.6) is 11.5 Å². The predicted molar refractivity (Wildman–Crippen MR) is 83.6 cm³/mol. The Kier molecular flexibility index (Phi) is 4.68. The van der Waals surface area contributed by atoms with Gasteiger partial charge in [0.15, 0.2) is 21.3 Å². The molecule has 2 aliphatic heterocycles. The van der Waals surface area contributed by atoms with Crippen LogP contribution in [0.3, 0.4) is 0 Å². The standard InChI is InChI=1S/C15H17ClO6S/c16-12-6-10(7-13-14(12)21-4-1-3-20-13)8-22-15(17)11-2-5-23(18,19)9-11/h6-7,11H,1-5,8-9H2. The Labute approximate surface area is 139 Å². The Morgan fingerprint density at radius 1 is 1.30 bits per heavy atom. The van der Waals surface area contributed by atoms with Crippen molar-refractivity contribution in [2.45, 2.75) is 19.4 Å². The SMILES string of the molecule is O=C(OCc1cc(Cl)c2c(c1)OCCCO2)C1CCS(=O)(=O)C1. The number of hydrogen-bond donors (Lipinski definition) is 0. The summed E-state index contributed by atoms with van der Waals surface area (Å²) in [4.78, 5) is 12.0. The van der Waals surface area contributed by atoms with E-state index in [1.54, 1.807) is 12.1 Å². The number of rotatable bonds is 3. The van der Waals surface area contributed by atoms with Crippen molar-refractivity contribution in [2.24, 2.45) is 5.92 Å². The summed E-state index contributed by atoms with van der Waals surface area (Å²) in [5.74, 6) is -0.119. The minimum Gasteiger partial charge on any atom is -0.489 e. The minimum absolute atomic E-state index is 0.0196. The van der Waals surface area contributed by atoms with E-state index < -0.39 is 21.7 Å². The Morgan fingerprint density at radius 2 is 2.09 bits per heavy atom. The molecule has 0 N–H and O–H groups in total. The van der Waals surface area contributed by atoms with E-state index in [4.69, 9.17) is 25.8 Å². The largest absolute Gasteiger partial charge is 0.489 e. The normalized spacial score (nSPS) is 22.4. The van der Waals surface area contributed by atoms with Gasteiger partial charge in [-0.25, -0.2) is 8.42 Å². The molecule has 6 nitrogen and oxygen atoms in total. The average molecular weight is 361 g/mol. The quantitative estimate of drug-likeness (QED) is 0.767. The second kappa shape index (κ2) is 6.57. The van der Waals surface area contributed by atoms with Gasteiger partial charge >= 0.3 is 5.97 Å². The predicted octanol–water partition coefficient (Wildman–Crippen LogP) is 1.98.